The highest BCUT2D eigenvalue weighted by molar-refractivity contribution is 6.53. The molecule has 0 saturated heterocycles. The van der Waals surface area contributed by atoms with Gasteiger partial charge < -0.3 is 15.2 Å². The van der Waals surface area contributed by atoms with Crippen molar-refractivity contribution in [3.05, 3.63) is 69.8 Å². The topological polar surface area (TPSA) is 89.5 Å². The van der Waals surface area contributed by atoms with Gasteiger partial charge in [0.05, 0.1) is 16.7 Å². The standard InChI is InChI=1S/C17H10Cl2N2O4/c18-11-6-1-2-7-12(11)21-15(22)13(19)14(16(21)23)20-10-5-3-4-9(8-10)17(24)25/h1-8,20H,(H,24,25)/p-1. The SMILES string of the molecule is O=C([O-])c1cccc(NC2=C(Cl)C(=O)N(c3ccccc3Cl)C2=O)c1. The molecule has 0 aliphatic carbocycles. The molecule has 0 bridgehead atoms. The Balaban J connectivity index is 1.94. The monoisotopic (exact) mass is 375 g/mol. The maximum Gasteiger partial charge on any atom is 0.283 e. The molecule has 0 unspecified atom stereocenters. The van der Waals surface area contributed by atoms with Gasteiger partial charge in [-0.3, -0.25) is 9.59 Å². The number of carboxylic acids is 1. The van der Waals surface area contributed by atoms with Crippen molar-refractivity contribution in [1.29, 1.82) is 0 Å². The first kappa shape index (κ1) is 17.0. The molecular weight excluding hydrogens is 367 g/mol. The molecule has 1 heterocycles. The number of nitrogens with one attached hydrogen (secondary N) is 1. The van der Waals surface area contributed by atoms with E-state index in [1.807, 2.05) is 0 Å². The second-order valence-corrected chi connectivity index (χ2v) is 5.86. The third-order valence-corrected chi connectivity index (χ3v) is 4.16. The molecule has 0 fully saturated rings. The van der Waals surface area contributed by atoms with Crippen LogP contribution in [0.1, 0.15) is 10.4 Å². The number of rotatable bonds is 4. The predicted molar refractivity (Wildman–Crippen MR) is 91.2 cm³/mol. The van der Waals surface area contributed by atoms with Crippen molar-refractivity contribution in [3.63, 3.8) is 0 Å². The average molecular weight is 376 g/mol. The molecule has 8 heteroatoms. The maximum atomic E-state index is 12.6. The summed E-state index contributed by atoms with van der Waals surface area (Å²) in [5, 5.41) is 13.5. The van der Waals surface area contributed by atoms with Gasteiger partial charge in [0.1, 0.15) is 10.7 Å². The van der Waals surface area contributed by atoms with Crippen molar-refractivity contribution in [3.8, 4) is 0 Å². The molecule has 0 spiro atoms. The van der Waals surface area contributed by atoms with E-state index in [9.17, 15) is 19.5 Å². The minimum Gasteiger partial charge on any atom is -0.545 e. The highest BCUT2D eigenvalue weighted by Crippen LogP contribution is 2.34. The molecule has 2 aromatic carbocycles. The first-order valence-corrected chi connectivity index (χ1v) is 7.77. The summed E-state index contributed by atoms with van der Waals surface area (Å²) < 4.78 is 0. The van der Waals surface area contributed by atoms with E-state index in [1.54, 1.807) is 18.2 Å². The Kier molecular flexibility index (Phi) is 4.48. The van der Waals surface area contributed by atoms with E-state index in [0.717, 1.165) is 4.90 Å². The van der Waals surface area contributed by atoms with Crippen LogP contribution in [0.5, 0.6) is 0 Å². The molecule has 6 nitrogen and oxygen atoms in total. The van der Waals surface area contributed by atoms with E-state index in [-0.39, 0.29) is 32.7 Å². The number of anilines is 2. The Morgan fingerprint density at radius 3 is 2.40 bits per heavy atom. The summed E-state index contributed by atoms with van der Waals surface area (Å²) in [5.41, 5.74) is 0.234. The number of carboxylic acid groups (broad SMARTS) is 1. The van der Waals surface area contributed by atoms with Crippen molar-refractivity contribution in [2.75, 3.05) is 10.2 Å². The van der Waals surface area contributed by atoms with Crippen LogP contribution in [-0.4, -0.2) is 17.8 Å². The second-order valence-electron chi connectivity index (χ2n) is 5.08. The number of aromatic carboxylic acids is 1. The molecule has 0 saturated carbocycles. The van der Waals surface area contributed by atoms with Crippen LogP contribution < -0.4 is 15.3 Å². The lowest BCUT2D eigenvalue weighted by Gasteiger charge is -2.16. The van der Waals surface area contributed by atoms with Gasteiger partial charge in [-0.2, -0.15) is 0 Å². The van der Waals surface area contributed by atoms with E-state index in [2.05, 4.69) is 5.32 Å². The number of amides is 2. The summed E-state index contributed by atoms with van der Waals surface area (Å²) >= 11 is 12.1. The van der Waals surface area contributed by atoms with Crippen molar-refractivity contribution >= 4 is 52.4 Å². The lowest BCUT2D eigenvalue weighted by atomic mass is 10.2. The Bertz CT molecular complexity index is 940. The zero-order valence-electron chi connectivity index (χ0n) is 12.5. The summed E-state index contributed by atoms with van der Waals surface area (Å²) in [6.07, 6.45) is 0. The van der Waals surface area contributed by atoms with Crippen LogP contribution in [0.3, 0.4) is 0 Å². The number of para-hydroxylation sites is 1. The number of benzene rings is 2. The number of nitrogens with zero attached hydrogens (tertiary/aromatic N) is 1. The summed E-state index contributed by atoms with van der Waals surface area (Å²) in [6, 6.07) is 12.0. The highest BCUT2D eigenvalue weighted by atomic mass is 35.5. The van der Waals surface area contributed by atoms with Crippen LogP contribution in [0.2, 0.25) is 5.02 Å². The number of hydrogen-bond acceptors (Lipinski definition) is 5. The molecule has 126 valence electrons. The number of carbonyl (C=O) groups excluding carboxylic acids is 3. The highest BCUT2D eigenvalue weighted by Gasteiger charge is 2.39. The van der Waals surface area contributed by atoms with Gasteiger partial charge in [-0.25, -0.2) is 4.90 Å². The molecule has 3 rings (SSSR count). The molecule has 25 heavy (non-hydrogen) atoms. The lowest BCUT2D eigenvalue weighted by Crippen LogP contribution is -2.32. The van der Waals surface area contributed by atoms with E-state index in [1.165, 1.54) is 30.3 Å². The van der Waals surface area contributed by atoms with Crippen molar-refractivity contribution in [2.45, 2.75) is 0 Å². The summed E-state index contributed by atoms with van der Waals surface area (Å²) in [4.78, 5) is 36.8. The van der Waals surface area contributed by atoms with Crippen LogP contribution in [0.4, 0.5) is 11.4 Å². The van der Waals surface area contributed by atoms with Gasteiger partial charge in [0.15, 0.2) is 0 Å². The molecular formula is C17H9Cl2N2O4-. The fourth-order valence-electron chi connectivity index (χ4n) is 2.33. The van der Waals surface area contributed by atoms with Crippen LogP contribution in [-0.2, 0) is 9.59 Å². The van der Waals surface area contributed by atoms with Gasteiger partial charge in [-0.1, -0.05) is 47.5 Å². The van der Waals surface area contributed by atoms with E-state index in [4.69, 9.17) is 23.2 Å². The quantitative estimate of drug-likeness (QED) is 0.826. The molecule has 1 aliphatic heterocycles. The second kappa shape index (κ2) is 6.58. The number of imide groups is 1. The molecule has 0 atom stereocenters. The molecule has 1 aliphatic rings. The number of carbonyl (C=O) groups is 3. The van der Waals surface area contributed by atoms with E-state index >= 15 is 0 Å². The van der Waals surface area contributed by atoms with Crippen molar-refractivity contribution in [2.24, 2.45) is 0 Å². The maximum absolute atomic E-state index is 12.6. The van der Waals surface area contributed by atoms with Crippen molar-refractivity contribution in [1.82, 2.24) is 0 Å². The zero-order chi connectivity index (χ0) is 18.1. The van der Waals surface area contributed by atoms with Gasteiger partial charge >= 0.3 is 0 Å². The molecule has 2 amide bonds. The number of hydrogen-bond donors (Lipinski definition) is 1. The van der Waals surface area contributed by atoms with Gasteiger partial charge in [0.25, 0.3) is 11.8 Å². The van der Waals surface area contributed by atoms with Crippen LogP contribution >= 0.6 is 23.2 Å². The Morgan fingerprint density at radius 1 is 1.00 bits per heavy atom. The third-order valence-electron chi connectivity index (χ3n) is 3.49. The fourth-order valence-corrected chi connectivity index (χ4v) is 2.76. The third kappa shape index (κ3) is 3.09. The zero-order valence-corrected chi connectivity index (χ0v) is 14.0. The first-order chi connectivity index (χ1) is 11.9. The van der Waals surface area contributed by atoms with Gasteiger partial charge in [0.2, 0.25) is 0 Å². The average Bonchev–Trinajstić information content (AvgIpc) is 2.80. The predicted octanol–water partition coefficient (Wildman–Crippen LogP) is 2.14. The summed E-state index contributed by atoms with van der Waals surface area (Å²) in [7, 11) is 0. The normalized spacial score (nSPS) is 14.2. The van der Waals surface area contributed by atoms with Crippen molar-refractivity contribution < 1.29 is 19.5 Å². The Morgan fingerprint density at radius 2 is 1.72 bits per heavy atom. The largest absolute Gasteiger partial charge is 0.545 e. The van der Waals surface area contributed by atoms with Crippen LogP contribution in [0, 0.1) is 0 Å². The van der Waals surface area contributed by atoms with Gasteiger partial charge in [0, 0.05) is 5.69 Å². The fraction of sp³-hybridized carbons (Fsp3) is 0. The molecule has 0 aromatic heterocycles. The van der Waals surface area contributed by atoms with Crippen LogP contribution in [0.15, 0.2) is 59.3 Å². The van der Waals surface area contributed by atoms with Gasteiger partial charge in [-0.05, 0) is 29.8 Å². The Labute approximate surface area is 152 Å². The Hall–Kier alpha value is -2.83. The van der Waals surface area contributed by atoms with E-state index in [0.29, 0.717) is 0 Å². The molecule has 1 N–H and O–H groups in total. The minimum atomic E-state index is -1.37. The molecule has 0 radical (unpaired) electrons. The lowest BCUT2D eigenvalue weighted by molar-refractivity contribution is -0.255. The summed E-state index contributed by atoms with van der Waals surface area (Å²) in [5.74, 6) is -2.78. The number of halogens is 2. The van der Waals surface area contributed by atoms with Gasteiger partial charge in [-0.15, -0.1) is 0 Å². The first-order valence-electron chi connectivity index (χ1n) is 7.01. The molecule has 2 aromatic rings. The van der Waals surface area contributed by atoms with Crippen LogP contribution in [0.25, 0.3) is 0 Å². The minimum absolute atomic E-state index is 0.0820. The van der Waals surface area contributed by atoms with E-state index < -0.39 is 17.8 Å². The summed E-state index contributed by atoms with van der Waals surface area (Å²) in [6.45, 7) is 0. The smallest absolute Gasteiger partial charge is 0.283 e.